The lowest BCUT2D eigenvalue weighted by Gasteiger charge is -2.33. The van der Waals surface area contributed by atoms with E-state index in [0.29, 0.717) is 11.5 Å². The molecule has 0 radical (unpaired) electrons. The van der Waals surface area contributed by atoms with Crippen LogP contribution in [-0.2, 0) is 26.2 Å². The van der Waals surface area contributed by atoms with Gasteiger partial charge in [-0.15, -0.1) is 0 Å². The van der Waals surface area contributed by atoms with E-state index in [1.54, 1.807) is 62.6 Å². The van der Waals surface area contributed by atoms with Crippen molar-refractivity contribution in [1.82, 2.24) is 10.2 Å². The molecule has 1 N–H and O–H groups in total. The molecule has 0 bridgehead atoms. The number of benzene rings is 3. The fourth-order valence-electron chi connectivity index (χ4n) is 5.25. The highest BCUT2D eigenvalue weighted by Gasteiger charge is 2.33. The first kappa shape index (κ1) is 31.9. The second-order valence-electron chi connectivity index (χ2n) is 10.9. The Bertz CT molecular complexity index is 1500. The third-order valence-electron chi connectivity index (χ3n) is 7.84. The van der Waals surface area contributed by atoms with E-state index in [0.717, 1.165) is 47.5 Å². The maximum absolute atomic E-state index is 14.2. The molecule has 1 aliphatic carbocycles. The molecule has 1 aliphatic rings. The van der Waals surface area contributed by atoms with Crippen molar-refractivity contribution in [2.45, 2.75) is 69.5 Å². The number of amides is 2. The average Bonchev–Trinajstić information content (AvgIpc) is 3.02. The maximum atomic E-state index is 14.2. The Hall–Kier alpha value is -4.05. The van der Waals surface area contributed by atoms with E-state index in [1.165, 1.54) is 24.1 Å². The molecule has 3 aromatic rings. The van der Waals surface area contributed by atoms with Crippen LogP contribution in [0.25, 0.3) is 0 Å². The molecule has 230 valence electrons. The summed E-state index contributed by atoms with van der Waals surface area (Å²) in [4.78, 5) is 29.2. The molecule has 9 nitrogen and oxygen atoms in total. The standard InChI is InChI=1S/C33H41N3O6S/c1-24-16-18-31(19-17-24)43(39,40)36(28-13-9-15-30(21-28)42-4)23-32(37)35(22-26-10-8-14-29(20-26)41-3)25(2)33(38)34-27-11-6-5-7-12-27/h8-10,13-21,25,27H,5-7,11-12,22-23H2,1-4H3,(H,34,38)/t25-/m1/s1. The quantitative estimate of drug-likeness (QED) is 0.308. The smallest absolute Gasteiger partial charge is 0.264 e. The van der Waals surface area contributed by atoms with Crippen LogP contribution in [-0.4, -0.2) is 58.0 Å². The Morgan fingerprint density at radius 1 is 0.907 bits per heavy atom. The van der Waals surface area contributed by atoms with Crippen LogP contribution < -0.4 is 19.1 Å². The zero-order valence-electron chi connectivity index (χ0n) is 25.3. The summed E-state index contributed by atoms with van der Waals surface area (Å²) in [5.74, 6) is 0.275. The summed E-state index contributed by atoms with van der Waals surface area (Å²) in [6.07, 6.45) is 5.07. The van der Waals surface area contributed by atoms with Crippen molar-refractivity contribution in [3.05, 3.63) is 83.9 Å². The second-order valence-corrected chi connectivity index (χ2v) is 12.8. The number of sulfonamides is 1. The Morgan fingerprint density at radius 2 is 1.53 bits per heavy atom. The van der Waals surface area contributed by atoms with Gasteiger partial charge in [0.1, 0.15) is 24.1 Å². The molecule has 0 heterocycles. The lowest BCUT2D eigenvalue weighted by molar-refractivity contribution is -0.139. The maximum Gasteiger partial charge on any atom is 0.264 e. The van der Waals surface area contributed by atoms with Crippen molar-refractivity contribution in [3.8, 4) is 11.5 Å². The number of carbonyl (C=O) groups excluding carboxylic acids is 2. The number of methoxy groups -OCH3 is 2. The molecule has 1 fully saturated rings. The molecule has 0 unspecified atom stereocenters. The van der Waals surface area contributed by atoms with Gasteiger partial charge in [-0.25, -0.2) is 8.42 Å². The summed E-state index contributed by atoms with van der Waals surface area (Å²) in [5.41, 5.74) is 1.93. The van der Waals surface area contributed by atoms with Gasteiger partial charge in [0.2, 0.25) is 11.8 Å². The van der Waals surface area contributed by atoms with Crippen LogP contribution in [0.5, 0.6) is 11.5 Å². The minimum atomic E-state index is -4.17. The number of hydrogen-bond acceptors (Lipinski definition) is 6. The highest BCUT2D eigenvalue weighted by Crippen LogP contribution is 2.28. The topological polar surface area (TPSA) is 105 Å². The largest absolute Gasteiger partial charge is 0.497 e. The number of ether oxygens (including phenoxy) is 2. The van der Waals surface area contributed by atoms with Gasteiger partial charge in [0, 0.05) is 18.7 Å². The zero-order chi connectivity index (χ0) is 31.0. The predicted molar refractivity (Wildman–Crippen MR) is 167 cm³/mol. The monoisotopic (exact) mass is 607 g/mol. The SMILES string of the molecule is COc1cccc(CN(C(=O)CN(c2cccc(OC)c2)S(=O)(=O)c2ccc(C)cc2)[C@H](C)C(=O)NC2CCCCC2)c1. The van der Waals surface area contributed by atoms with Crippen molar-refractivity contribution >= 4 is 27.5 Å². The van der Waals surface area contributed by atoms with Gasteiger partial charge < -0.3 is 19.7 Å². The molecule has 0 aromatic heterocycles. The molecule has 0 saturated heterocycles. The van der Waals surface area contributed by atoms with Crippen LogP contribution in [0.15, 0.2) is 77.7 Å². The van der Waals surface area contributed by atoms with E-state index < -0.39 is 28.5 Å². The Kier molecular flexibility index (Phi) is 10.7. The number of aryl methyl sites for hydroxylation is 1. The number of nitrogens with zero attached hydrogens (tertiary/aromatic N) is 2. The summed E-state index contributed by atoms with van der Waals surface area (Å²) in [7, 11) is -1.12. The number of hydrogen-bond donors (Lipinski definition) is 1. The number of anilines is 1. The number of rotatable bonds is 12. The normalized spacial score (nSPS) is 14.4. The molecule has 1 saturated carbocycles. The fourth-order valence-corrected chi connectivity index (χ4v) is 6.66. The van der Waals surface area contributed by atoms with Crippen molar-refractivity contribution in [2.24, 2.45) is 0 Å². The first-order valence-corrected chi connectivity index (χ1v) is 16.0. The van der Waals surface area contributed by atoms with Gasteiger partial charge >= 0.3 is 0 Å². The Morgan fingerprint density at radius 3 is 2.19 bits per heavy atom. The zero-order valence-corrected chi connectivity index (χ0v) is 26.1. The predicted octanol–water partition coefficient (Wildman–Crippen LogP) is 5.07. The second kappa shape index (κ2) is 14.4. The average molecular weight is 608 g/mol. The van der Waals surface area contributed by atoms with Crippen LogP contribution in [0.2, 0.25) is 0 Å². The van der Waals surface area contributed by atoms with Crippen molar-refractivity contribution in [3.63, 3.8) is 0 Å². The van der Waals surface area contributed by atoms with E-state index >= 15 is 0 Å². The van der Waals surface area contributed by atoms with Crippen LogP contribution in [0, 0.1) is 6.92 Å². The summed E-state index contributed by atoms with van der Waals surface area (Å²) in [5, 5.41) is 3.12. The van der Waals surface area contributed by atoms with Crippen molar-refractivity contribution < 1.29 is 27.5 Å². The molecular weight excluding hydrogens is 566 g/mol. The van der Waals surface area contributed by atoms with Crippen LogP contribution in [0.1, 0.15) is 50.2 Å². The highest BCUT2D eigenvalue weighted by molar-refractivity contribution is 7.92. The van der Waals surface area contributed by atoms with Gasteiger partial charge in [-0.05, 0) is 68.7 Å². The van der Waals surface area contributed by atoms with Crippen LogP contribution in [0.4, 0.5) is 5.69 Å². The van der Waals surface area contributed by atoms with Gasteiger partial charge in [0.25, 0.3) is 10.0 Å². The minimum Gasteiger partial charge on any atom is -0.497 e. The minimum absolute atomic E-state index is 0.0520. The molecule has 4 rings (SSSR count). The lowest BCUT2D eigenvalue weighted by Crippen LogP contribution is -2.53. The number of carbonyl (C=O) groups is 2. The van der Waals surface area contributed by atoms with Gasteiger partial charge in [-0.1, -0.05) is 55.2 Å². The molecule has 1 atom stereocenters. The van der Waals surface area contributed by atoms with E-state index in [9.17, 15) is 18.0 Å². The Labute approximate surface area is 254 Å². The van der Waals surface area contributed by atoms with E-state index in [1.807, 2.05) is 19.1 Å². The third kappa shape index (κ3) is 8.07. The molecule has 3 aromatic carbocycles. The first-order chi connectivity index (χ1) is 20.6. The molecular formula is C33H41N3O6S. The Balaban J connectivity index is 1.70. The summed E-state index contributed by atoms with van der Waals surface area (Å²) in [6.45, 7) is 3.12. The van der Waals surface area contributed by atoms with Gasteiger partial charge in [-0.2, -0.15) is 0 Å². The molecule has 43 heavy (non-hydrogen) atoms. The summed E-state index contributed by atoms with van der Waals surface area (Å²) in [6, 6.07) is 19.5. The van der Waals surface area contributed by atoms with Crippen molar-refractivity contribution in [2.75, 3.05) is 25.1 Å². The van der Waals surface area contributed by atoms with Crippen molar-refractivity contribution in [1.29, 1.82) is 0 Å². The van der Waals surface area contributed by atoms with Crippen LogP contribution in [0.3, 0.4) is 0 Å². The lowest BCUT2D eigenvalue weighted by atomic mass is 9.95. The molecule has 0 aliphatic heterocycles. The molecule has 0 spiro atoms. The summed E-state index contributed by atoms with van der Waals surface area (Å²) >= 11 is 0. The first-order valence-electron chi connectivity index (χ1n) is 14.6. The highest BCUT2D eigenvalue weighted by atomic mass is 32.2. The molecule has 10 heteroatoms. The van der Waals surface area contributed by atoms with Gasteiger partial charge in [0.05, 0.1) is 24.8 Å². The van der Waals surface area contributed by atoms with Gasteiger partial charge in [0.15, 0.2) is 0 Å². The summed E-state index contributed by atoms with van der Waals surface area (Å²) < 4.78 is 39.9. The van der Waals surface area contributed by atoms with E-state index in [-0.39, 0.29) is 29.1 Å². The third-order valence-corrected chi connectivity index (χ3v) is 9.62. The fraction of sp³-hybridized carbons (Fsp3) is 0.394. The van der Waals surface area contributed by atoms with Crippen LogP contribution >= 0.6 is 0 Å². The van der Waals surface area contributed by atoms with E-state index in [2.05, 4.69) is 5.32 Å². The van der Waals surface area contributed by atoms with E-state index in [4.69, 9.17) is 9.47 Å². The number of nitrogens with one attached hydrogen (secondary N) is 1. The van der Waals surface area contributed by atoms with Gasteiger partial charge in [-0.3, -0.25) is 13.9 Å². The molecule has 2 amide bonds.